The second kappa shape index (κ2) is 53.7. The van der Waals surface area contributed by atoms with Crippen molar-refractivity contribution >= 4 is 25.7 Å². The molecule has 0 amide bonds. The van der Waals surface area contributed by atoms with Gasteiger partial charge in [-0.2, -0.15) is 0 Å². The van der Waals surface area contributed by atoms with Gasteiger partial charge < -0.3 is 24.2 Å². The predicted molar refractivity (Wildman–Crippen MR) is 297 cm³/mol. The van der Waals surface area contributed by atoms with Crippen molar-refractivity contribution in [3.63, 3.8) is 0 Å². The molecule has 0 aromatic rings. The minimum Gasteiger partial charge on any atom is -0.462 e. The number of aliphatic hydroxyl groups is 1. The molecule has 0 aliphatic heterocycles. The van der Waals surface area contributed by atoms with Gasteiger partial charge in [-0.3, -0.25) is 23.4 Å². The maximum absolute atomic E-state index is 12.9. The van der Waals surface area contributed by atoms with Crippen molar-refractivity contribution in [2.45, 2.75) is 238 Å². The zero-order valence-electron chi connectivity index (χ0n) is 45.4. The van der Waals surface area contributed by atoms with E-state index in [0.29, 0.717) is 19.3 Å². The lowest BCUT2D eigenvalue weighted by Crippen LogP contribution is -2.30. The summed E-state index contributed by atoms with van der Waals surface area (Å²) in [5, 5.41) is 9.80. The highest BCUT2D eigenvalue weighted by Gasteiger charge is 2.28. The van der Waals surface area contributed by atoms with E-state index in [9.17, 15) is 28.9 Å². The fourth-order valence-corrected chi connectivity index (χ4v) is 8.06. The molecule has 0 aliphatic carbocycles. The van der Waals surface area contributed by atoms with Crippen LogP contribution in [0.5, 0.6) is 0 Å². The zero-order chi connectivity index (χ0) is 52.7. The van der Waals surface area contributed by atoms with Gasteiger partial charge in [0, 0.05) is 19.3 Å². The third kappa shape index (κ3) is 51.3. The van der Waals surface area contributed by atoms with Crippen molar-refractivity contribution in [3.05, 3.63) is 97.2 Å². The first kappa shape index (κ1) is 68.4. The van der Waals surface area contributed by atoms with E-state index in [1.54, 1.807) is 0 Å². The average molecular weight is 1030 g/mol. The van der Waals surface area contributed by atoms with Crippen molar-refractivity contribution in [1.29, 1.82) is 0 Å². The molecule has 0 fully saturated rings. The highest BCUT2D eigenvalue weighted by atomic mass is 31.2. The van der Waals surface area contributed by atoms with E-state index in [-0.39, 0.29) is 25.9 Å². The number of phosphoric acid groups is 1. The normalized spacial score (nSPS) is 14.1. The quantitative estimate of drug-likeness (QED) is 0.0197. The summed E-state index contributed by atoms with van der Waals surface area (Å²) in [6, 6.07) is 0. The topological polar surface area (TPSA) is 155 Å². The maximum atomic E-state index is 12.9. The largest absolute Gasteiger partial charge is 0.472 e. The van der Waals surface area contributed by atoms with Crippen LogP contribution in [-0.2, 0) is 42.2 Å². The van der Waals surface area contributed by atoms with E-state index in [2.05, 4.69) is 118 Å². The molecule has 0 spiro atoms. The van der Waals surface area contributed by atoms with Crippen LogP contribution in [0.1, 0.15) is 226 Å². The Kier molecular flexibility index (Phi) is 51.0. The SMILES string of the molecule is CC/C=C\C/C=C\C/C=C\C/C=C\C/C=C\CCCCCC(=O)OCC(COP(=O)(O)OCC(CO)OC(=O)CCCCCCCCCCCCCCC)OC(=O)CCCCC/C=C\C/C=C\C/C=C\CC. The molecule has 412 valence electrons. The fourth-order valence-electron chi connectivity index (χ4n) is 7.28. The van der Waals surface area contributed by atoms with E-state index >= 15 is 0 Å². The fraction of sp³-hybridized carbons (Fsp3) is 0.683. The van der Waals surface area contributed by atoms with Crippen molar-refractivity contribution in [1.82, 2.24) is 0 Å². The van der Waals surface area contributed by atoms with Crippen LogP contribution in [0.2, 0.25) is 0 Å². The lowest BCUT2D eigenvalue weighted by atomic mass is 10.0. The zero-order valence-corrected chi connectivity index (χ0v) is 46.3. The molecule has 0 aromatic heterocycles. The molecular weight excluding hydrogens is 928 g/mol. The van der Waals surface area contributed by atoms with Gasteiger partial charge in [0.2, 0.25) is 0 Å². The summed E-state index contributed by atoms with van der Waals surface area (Å²) in [6.07, 6.45) is 62.3. The van der Waals surface area contributed by atoms with Gasteiger partial charge >= 0.3 is 25.7 Å². The first-order valence-electron chi connectivity index (χ1n) is 28.1. The molecular formula is C60H101O11P. The number of esters is 3. The van der Waals surface area contributed by atoms with Crippen LogP contribution in [0.15, 0.2) is 97.2 Å². The van der Waals surface area contributed by atoms with Crippen molar-refractivity contribution < 1.29 is 52.2 Å². The first-order valence-corrected chi connectivity index (χ1v) is 29.6. The molecule has 3 unspecified atom stereocenters. The predicted octanol–water partition coefficient (Wildman–Crippen LogP) is 16.5. The molecule has 0 saturated heterocycles. The van der Waals surface area contributed by atoms with Crippen LogP contribution in [0.3, 0.4) is 0 Å². The number of hydrogen-bond acceptors (Lipinski definition) is 10. The molecule has 0 bridgehead atoms. The standard InChI is InChI=1S/C60H101O11P/c1-4-7-10-13-16-19-22-25-26-27-28-29-30-33-34-37-40-43-46-49-58(62)67-53-57(71-60(64)51-48-45-42-39-36-32-24-21-18-15-12-9-6-3)55-69-72(65,66)68-54-56(52-61)70-59(63)50-47-44-41-38-35-31-23-20-17-14-11-8-5-2/h7,9-10,12,16,18-19,21,25-26,28-29,32-34,36,56-57,61H,4-6,8,11,13-15,17,20,22-24,27,30-31,35,37-55H2,1-3H3,(H,65,66)/b10-7-,12-9-,19-16-,21-18-,26-25-,29-28-,34-33-,36-32-. The van der Waals surface area contributed by atoms with Gasteiger partial charge in [-0.05, 0) is 96.3 Å². The van der Waals surface area contributed by atoms with E-state index in [1.807, 2.05) is 0 Å². The van der Waals surface area contributed by atoms with Gasteiger partial charge in [0.1, 0.15) is 12.7 Å². The van der Waals surface area contributed by atoms with Gasteiger partial charge in [-0.25, -0.2) is 4.57 Å². The summed E-state index contributed by atoms with van der Waals surface area (Å²) in [5.74, 6) is -1.54. The van der Waals surface area contributed by atoms with Gasteiger partial charge in [-0.1, -0.05) is 208 Å². The summed E-state index contributed by atoms with van der Waals surface area (Å²) in [6.45, 7) is 4.34. The molecule has 12 heteroatoms. The summed E-state index contributed by atoms with van der Waals surface area (Å²) in [4.78, 5) is 48.4. The third-order valence-corrected chi connectivity index (χ3v) is 12.5. The van der Waals surface area contributed by atoms with E-state index < -0.39 is 57.8 Å². The van der Waals surface area contributed by atoms with Crippen LogP contribution in [-0.4, -0.2) is 66.5 Å². The number of unbranched alkanes of at least 4 members (excludes halogenated alkanes) is 18. The Hall–Kier alpha value is -3.60. The second-order valence-electron chi connectivity index (χ2n) is 18.3. The van der Waals surface area contributed by atoms with Crippen LogP contribution in [0.25, 0.3) is 0 Å². The first-order chi connectivity index (χ1) is 35.2. The Balaban J connectivity index is 4.80. The van der Waals surface area contributed by atoms with Crippen molar-refractivity contribution in [2.75, 3.05) is 26.4 Å². The van der Waals surface area contributed by atoms with Crippen LogP contribution >= 0.6 is 7.82 Å². The minimum atomic E-state index is -4.76. The summed E-state index contributed by atoms with van der Waals surface area (Å²) in [7, 11) is -4.76. The molecule has 0 rings (SSSR count). The average Bonchev–Trinajstić information content (AvgIpc) is 3.37. The Bertz CT molecular complexity index is 1580. The number of rotatable bonds is 51. The Morgan fingerprint density at radius 2 is 0.722 bits per heavy atom. The summed E-state index contributed by atoms with van der Waals surface area (Å²) >= 11 is 0. The van der Waals surface area contributed by atoms with Gasteiger partial charge in [0.25, 0.3) is 0 Å². The third-order valence-electron chi connectivity index (χ3n) is 11.5. The van der Waals surface area contributed by atoms with E-state index in [4.69, 9.17) is 23.3 Å². The van der Waals surface area contributed by atoms with Crippen LogP contribution in [0, 0.1) is 0 Å². The molecule has 2 N–H and O–H groups in total. The second-order valence-corrected chi connectivity index (χ2v) is 19.8. The number of aliphatic hydroxyl groups excluding tert-OH is 1. The molecule has 0 aliphatic rings. The molecule has 0 heterocycles. The van der Waals surface area contributed by atoms with E-state index in [1.165, 1.54) is 57.8 Å². The molecule has 0 aromatic carbocycles. The van der Waals surface area contributed by atoms with Gasteiger partial charge in [0.05, 0.1) is 19.8 Å². The van der Waals surface area contributed by atoms with Crippen molar-refractivity contribution in [2.24, 2.45) is 0 Å². The number of carbonyl (C=O) groups excluding carboxylic acids is 3. The van der Waals surface area contributed by atoms with Crippen molar-refractivity contribution in [3.8, 4) is 0 Å². The number of phosphoric ester groups is 1. The number of allylic oxidation sites excluding steroid dienone is 16. The molecule has 0 saturated carbocycles. The smallest absolute Gasteiger partial charge is 0.462 e. The highest BCUT2D eigenvalue weighted by molar-refractivity contribution is 7.47. The Morgan fingerprint density at radius 3 is 1.11 bits per heavy atom. The van der Waals surface area contributed by atoms with Gasteiger partial charge in [0.15, 0.2) is 6.10 Å². The molecule has 72 heavy (non-hydrogen) atoms. The Labute approximate surface area is 438 Å². The number of ether oxygens (including phenoxy) is 3. The number of hydrogen-bond donors (Lipinski definition) is 2. The molecule has 11 nitrogen and oxygen atoms in total. The minimum absolute atomic E-state index is 0.121. The summed E-state index contributed by atoms with van der Waals surface area (Å²) in [5.41, 5.74) is 0. The lowest BCUT2D eigenvalue weighted by molar-refractivity contribution is -0.161. The maximum Gasteiger partial charge on any atom is 0.472 e. The lowest BCUT2D eigenvalue weighted by Gasteiger charge is -2.21. The van der Waals surface area contributed by atoms with Crippen LogP contribution in [0.4, 0.5) is 0 Å². The molecule has 0 radical (unpaired) electrons. The van der Waals surface area contributed by atoms with E-state index in [0.717, 1.165) is 109 Å². The summed E-state index contributed by atoms with van der Waals surface area (Å²) < 4.78 is 39.4. The Morgan fingerprint density at radius 1 is 0.403 bits per heavy atom. The highest BCUT2D eigenvalue weighted by Crippen LogP contribution is 2.43. The molecule has 3 atom stereocenters. The number of carbonyl (C=O) groups is 3. The monoisotopic (exact) mass is 1030 g/mol. The van der Waals surface area contributed by atoms with Crippen LogP contribution < -0.4 is 0 Å². The van der Waals surface area contributed by atoms with Gasteiger partial charge in [-0.15, -0.1) is 0 Å².